The Kier molecular flexibility index (Phi) is 3.72. The van der Waals surface area contributed by atoms with E-state index in [2.05, 4.69) is 15.2 Å². The molecule has 0 aliphatic heterocycles. The summed E-state index contributed by atoms with van der Waals surface area (Å²) in [4.78, 5) is 4.07. The first-order valence-corrected chi connectivity index (χ1v) is 9.75. The van der Waals surface area contributed by atoms with Gasteiger partial charge in [0.25, 0.3) is 0 Å². The first kappa shape index (κ1) is 16.0. The van der Waals surface area contributed by atoms with E-state index in [4.69, 9.17) is 4.42 Å². The van der Waals surface area contributed by atoms with Crippen molar-refractivity contribution in [2.24, 2.45) is 0 Å². The zero-order valence-electron chi connectivity index (χ0n) is 14.0. The molecule has 0 N–H and O–H groups in total. The summed E-state index contributed by atoms with van der Waals surface area (Å²) in [6, 6.07) is 5.89. The molecular weight excluding hydrogens is 340 g/mol. The molecule has 2 aromatic heterocycles. The SMILES string of the molecule is Cc1ccc(C)c(-n2ccnc2S(=O)(=O)Cc2nnc(C3CC3)o2)c1. The van der Waals surface area contributed by atoms with Gasteiger partial charge in [-0.25, -0.2) is 13.4 Å². The highest BCUT2D eigenvalue weighted by Crippen LogP contribution is 2.39. The van der Waals surface area contributed by atoms with Crippen molar-refractivity contribution < 1.29 is 12.8 Å². The zero-order valence-corrected chi connectivity index (χ0v) is 14.8. The van der Waals surface area contributed by atoms with Crippen molar-refractivity contribution in [2.75, 3.05) is 0 Å². The summed E-state index contributed by atoms with van der Waals surface area (Å²) in [5, 5.41) is 7.79. The van der Waals surface area contributed by atoms with Gasteiger partial charge in [-0.05, 0) is 43.9 Å². The van der Waals surface area contributed by atoms with E-state index >= 15 is 0 Å². The van der Waals surface area contributed by atoms with Crippen LogP contribution < -0.4 is 0 Å². The molecule has 3 aromatic rings. The van der Waals surface area contributed by atoms with Crippen LogP contribution in [0.25, 0.3) is 5.69 Å². The normalized spacial score (nSPS) is 14.8. The third-order valence-corrected chi connectivity index (χ3v) is 5.72. The van der Waals surface area contributed by atoms with Crippen LogP contribution in [-0.4, -0.2) is 28.2 Å². The topological polar surface area (TPSA) is 90.9 Å². The van der Waals surface area contributed by atoms with Crippen LogP contribution in [0, 0.1) is 13.8 Å². The Labute approximate surface area is 145 Å². The molecule has 0 spiro atoms. The van der Waals surface area contributed by atoms with E-state index in [0.29, 0.717) is 11.8 Å². The molecule has 1 aliphatic rings. The molecule has 1 aliphatic carbocycles. The average Bonchev–Trinajstić information content (AvgIpc) is 3.10. The van der Waals surface area contributed by atoms with Crippen molar-refractivity contribution in [3.05, 3.63) is 53.5 Å². The molecule has 7 nitrogen and oxygen atoms in total. The number of hydrogen-bond donors (Lipinski definition) is 0. The number of hydrogen-bond acceptors (Lipinski definition) is 6. The maximum absolute atomic E-state index is 12.8. The molecule has 130 valence electrons. The lowest BCUT2D eigenvalue weighted by Gasteiger charge is -2.11. The monoisotopic (exact) mass is 358 g/mol. The summed E-state index contributed by atoms with van der Waals surface area (Å²) in [6.07, 6.45) is 5.17. The van der Waals surface area contributed by atoms with Crippen LogP contribution in [0.15, 0.2) is 40.2 Å². The third kappa shape index (κ3) is 3.09. The van der Waals surface area contributed by atoms with Gasteiger partial charge in [-0.1, -0.05) is 12.1 Å². The fourth-order valence-corrected chi connectivity index (χ4v) is 3.98. The molecule has 0 unspecified atom stereocenters. The molecule has 0 radical (unpaired) electrons. The maximum Gasteiger partial charge on any atom is 0.232 e. The second kappa shape index (κ2) is 5.80. The van der Waals surface area contributed by atoms with Crippen molar-refractivity contribution in [1.82, 2.24) is 19.7 Å². The van der Waals surface area contributed by atoms with Gasteiger partial charge in [-0.2, -0.15) is 0 Å². The summed E-state index contributed by atoms with van der Waals surface area (Å²) < 4.78 is 32.8. The number of benzene rings is 1. The number of imidazole rings is 1. The van der Waals surface area contributed by atoms with Gasteiger partial charge >= 0.3 is 0 Å². The molecule has 0 bridgehead atoms. The van der Waals surface area contributed by atoms with Crippen molar-refractivity contribution in [3.8, 4) is 5.69 Å². The Morgan fingerprint density at radius 3 is 2.80 bits per heavy atom. The molecule has 0 atom stereocenters. The number of rotatable bonds is 5. The lowest BCUT2D eigenvalue weighted by Crippen LogP contribution is -2.13. The van der Waals surface area contributed by atoms with Gasteiger partial charge in [-0.3, -0.25) is 4.57 Å². The predicted molar refractivity (Wildman–Crippen MR) is 90.2 cm³/mol. The molecule has 0 amide bonds. The molecule has 2 heterocycles. The predicted octanol–water partition coefficient (Wildman–Crippen LogP) is 2.72. The Bertz CT molecular complexity index is 1030. The largest absolute Gasteiger partial charge is 0.424 e. The molecule has 1 aromatic carbocycles. The van der Waals surface area contributed by atoms with E-state index in [1.165, 1.54) is 6.20 Å². The van der Waals surface area contributed by atoms with Gasteiger partial charge in [0.15, 0.2) is 0 Å². The van der Waals surface area contributed by atoms with E-state index in [9.17, 15) is 8.42 Å². The average molecular weight is 358 g/mol. The minimum absolute atomic E-state index is 0.0210. The second-order valence-electron chi connectivity index (χ2n) is 6.44. The van der Waals surface area contributed by atoms with Crippen molar-refractivity contribution in [3.63, 3.8) is 0 Å². The number of sulfone groups is 1. The minimum atomic E-state index is -3.71. The first-order chi connectivity index (χ1) is 11.9. The highest BCUT2D eigenvalue weighted by Gasteiger charge is 2.31. The zero-order chi connectivity index (χ0) is 17.6. The van der Waals surface area contributed by atoms with E-state index in [1.54, 1.807) is 10.8 Å². The molecule has 8 heteroatoms. The Morgan fingerprint density at radius 1 is 1.24 bits per heavy atom. The first-order valence-electron chi connectivity index (χ1n) is 8.10. The summed E-state index contributed by atoms with van der Waals surface area (Å²) >= 11 is 0. The Hall–Kier alpha value is -2.48. The van der Waals surface area contributed by atoms with Crippen LogP contribution in [0.2, 0.25) is 0 Å². The van der Waals surface area contributed by atoms with E-state index in [-0.39, 0.29) is 16.8 Å². The van der Waals surface area contributed by atoms with Crippen LogP contribution in [0.4, 0.5) is 0 Å². The summed E-state index contributed by atoms with van der Waals surface area (Å²) in [5.41, 5.74) is 2.80. The number of aromatic nitrogens is 4. The maximum atomic E-state index is 12.8. The second-order valence-corrected chi connectivity index (χ2v) is 8.32. The van der Waals surface area contributed by atoms with Crippen LogP contribution in [0.3, 0.4) is 0 Å². The van der Waals surface area contributed by atoms with Crippen molar-refractivity contribution >= 4 is 9.84 Å². The van der Waals surface area contributed by atoms with Gasteiger partial charge in [0.1, 0.15) is 5.75 Å². The van der Waals surface area contributed by atoms with Crippen molar-refractivity contribution in [2.45, 2.75) is 43.5 Å². The van der Waals surface area contributed by atoms with Crippen LogP contribution in [0.1, 0.15) is 41.7 Å². The fraction of sp³-hybridized carbons (Fsp3) is 0.353. The highest BCUT2D eigenvalue weighted by molar-refractivity contribution is 7.90. The van der Waals surface area contributed by atoms with E-state index in [0.717, 1.165) is 29.7 Å². The highest BCUT2D eigenvalue weighted by atomic mass is 32.2. The van der Waals surface area contributed by atoms with Gasteiger partial charge in [0.05, 0.1) is 5.69 Å². The lowest BCUT2D eigenvalue weighted by molar-refractivity contribution is 0.461. The summed E-state index contributed by atoms with van der Waals surface area (Å²) in [5.74, 6) is 0.579. The lowest BCUT2D eigenvalue weighted by atomic mass is 10.1. The van der Waals surface area contributed by atoms with Crippen LogP contribution >= 0.6 is 0 Å². The number of nitrogens with zero attached hydrogens (tertiary/aromatic N) is 4. The van der Waals surface area contributed by atoms with Gasteiger partial charge < -0.3 is 4.42 Å². The number of aryl methyl sites for hydroxylation is 2. The van der Waals surface area contributed by atoms with E-state index < -0.39 is 9.84 Å². The molecular formula is C17H18N4O3S. The molecule has 0 saturated heterocycles. The summed E-state index contributed by atoms with van der Waals surface area (Å²) in [6.45, 7) is 3.90. The Morgan fingerprint density at radius 2 is 2.04 bits per heavy atom. The molecule has 25 heavy (non-hydrogen) atoms. The molecule has 1 saturated carbocycles. The fourth-order valence-electron chi connectivity index (χ4n) is 2.73. The third-order valence-electron chi connectivity index (χ3n) is 4.23. The smallest absolute Gasteiger partial charge is 0.232 e. The quantitative estimate of drug-likeness (QED) is 0.696. The van der Waals surface area contributed by atoms with Crippen LogP contribution in [0.5, 0.6) is 0 Å². The van der Waals surface area contributed by atoms with Gasteiger partial charge in [0, 0.05) is 18.3 Å². The van der Waals surface area contributed by atoms with Crippen molar-refractivity contribution in [1.29, 1.82) is 0 Å². The van der Waals surface area contributed by atoms with Gasteiger partial charge in [0.2, 0.25) is 26.8 Å². The molecule has 4 rings (SSSR count). The minimum Gasteiger partial charge on any atom is -0.424 e. The van der Waals surface area contributed by atoms with E-state index in [1.807, 2.05) is 32.0 Å². The molecule has 1 fully saturated rings. The van der Waals surface area contributed by atoms with Gasteiger partial charge in [-0.15, -0.1) is 10.2 Å². The Balaban J connectivity index is 1.69. The summed E-state index contributed by atoms with van der Waals surface area (Å²) in [7, 11) is -3.71. The standard InChI is InChI=1S/C17H18N4O3S/c1-11-3-4-12(2)14(9-11)21-8-7-18-17(21)25(22,23)10-15-19-20-16(24-15)13-5-6-13/h3-4,7-9,13H,5-6,10H2,1-2H3. The van der Waals surface area contributed by atoms with Crippen LogP contribution in [-0.2, 0) is 15.6 Å².